The third-order valence-corrected chi connectivity index (χ3v) is 5.47. The predicted molar refractivity (Wildman–Crippen MR) is 80.7 cm³/mol. The Bertz CT molecular complexity index is 605. The molecule has 3 nitrogen and oxygen atoms in total. The first-order chi connectivity index (χ1) is 9.06. The fourth-order valence-corrected chi connectivity index (χ4v) is 3.78. The summed E-state index contributed by atoms with van der Waals surface area (Å²) >= 11 is 16.9. The first-order valence-corrected chi connectivity index (χ1v) is 8.19. The summed E-state index contributed by atoms with van der Waals surface area (Å²) in [6.07, 6.45) is 0.828. The van der Waals surface area contributed by atoms with Crippen LogP contribution in [0.2, 0.25) is 0 Å². The molecule has 100 valence electrons. The van der Waals surface area contributed by atoms with Gasteiger partial charge >= 0.3 is 0 Å². The number of nitrogens with zero attached hydrogens (tertiary/aromatic N) is 2. The summed E-state index contributed by atoms with van der Waals surface area (Å²) in [6, 6.07) is 7.73. The molecule has 1 aromatic carbocycles. The van der Waals surface area contributed by atoms with Gasteiger partial charge in [0.1, 0.15) is 4.33 Å². The van der Waals surface area contributed by atoms with E-state index in [-0.39, 0.29) is 0 Å². The van der Waals surface area contributed by atoms with Gasteiger partial charge in [-0.1, -0.05) is 23.9 Å². The Kier molecular flexibility index (Phi) is 3.82. The van der Waals surface area contributed by atoms with Gasteiger partial charge in [-0.05, 0) is 34.5 Å². The highest BCUT2D eigenvalue weighted by Crippen LogP contribution is 2.54. The predicted octanol–water partition coefficient (Wildman–Crippen LogP) is 4.79. The monoisotopic (exact) mass is 378 g/mol. The number of aromatic nitrogens is 2. The molecule has 0 spiro atoms. The Morgan fingerprint density at radius 3 is 2.79 bits per heavy atom. The van der Waals surface area contributed by atoms with E-state index < -0.39 is 4.33 Å². The maximum absolute atomic E-state index is 5.97. The van der Waals surface area contributed by atoms with Crippen LogP contribution in [0.25, 0.3) is 11.5 Å². The zero-order chi connectivity index (χ0) is 13.5. The number of halogens is 3. The van der Waals surface area contributed by atoms with Gasteiger partial charge < -0.3 is 4.42 Å². The second-order valence-corrected chi connectivity index (χ2v) is 7.69. The first kappa shape index (κ1) is 13.7. The van der Waals surface area contributed by atoms with E-state index in [4.69, 9.17) is 27.6 Å². The van der Waals surface area contributed by atoms with Crippen LogP contribution in [-0.2, 0) is 0 Å². The fourth-order valence-electron chi connectivity index (χ4n) is 1.63. The van der Waals surface area contributed by atoms with Crippen LogP contribution < -0.4 is 0 Å². The molecule has 1 aliphatic rings. The highest BCUT2D eigenvalue weighted by atomic mass is 79.9. The van der Waals surface area contributed by atoms with Crippen LogP contribution in [-0.4, -0.2) is 20.3 Å². The van der Waals surface area contributed by atoms with Crippen LogP contribution in [0.15, 0.2) is 38.4 Å². The average molecular weight is 380 g/mol. The molecule has 7 heteroatoms. The second kappa shape index (κ2) is 5.28. The molecule has 1 saturated carbocycles. The summed E-state index contributed by atoms with van der Waals surface area (Å²) in [4.78, 5) is 0. The van der Waals surface area contributed by atoms with Crippen molar-refractivity contribution < 1.29 is 4.42 Å². The molecule has 19 heavy (non-hydrogen) atoms. The van der Waals surface area contributed by atoms with Crippen LogP contribution in [0.4, 0.5) is 0 Å². The molecule has 2 aromatic rings. The summed E-state index contributed by atoms with van der Waals surface area (Å²) in [6.45, 7) is 0. The standard InChI is InChI=1S/C12H9BrCl2N2OS/c13-9-4-2-1-3-8(9)10-16-17-11(18-10)19-6-7-5-12(7,14)15/h1-4,7H,5-6H2. The Balaban J connectivity index is 1.68. The molecule has 0 saturated heterocycles. The number of benzene rings is 1. The topological polar surface area (TPSA) is 38.9 Å². The summed E-state index contributed by atoms with van der Waals surface area (Å²) in [5, 5.41) is 8.61. The molecule has 0 aliphatic heterocycles. The summed E-state index contributed by atoms with van der Waals surface area (Å²) in [5.41, 5.74) is 0.886. The molecule has 1 fully saturated rings. The molecule has 1 atom stereocenters. The molecule has 0 amide bonds. The normalized spacial score (nSPS) is 20.5. The highest BCUT2D eigenvalue weighted by Gasteiger charge is 2.51. The van der Waals surface area contributed by atoms with Crippen molar-refractivity contribution in [1.82, 2.24) is 10.2 Å². The largest absolute Gasteiger partial charge is 0.411 e. The van der Waals surface area contributed by atoms with E-state index in [2.05, 4.69) is 26.1 Å². The van der Waals surface area contributed by atoms with Crippen molar-refractivity contribution in [2.45, 2.75) is 16.0 Å². The first-order valence-electron chi connectivity index (χ1n) is 5.65. The van der Waals surface area contributed by atoms with Crippen molar-refractivity contribution in [3.8, 4) is 11.5 Å². The third-order valence-electron chi connectivity index (χ3n) is 2.87. The van der Waals surface area contributed by atoms with Crippen molar-refractivity contribution in [2.75, 3.05) is 5.75 Å². The van der Waals surface area contributed by atoms with E-state index in [1.54, 1.807) is 0 Å². The van der Waals surface area contributed by atoms with Crippen LogP contribution in [0.1, 0.15) is 6.42 Å². The van der Waals surface area contributed by atoms with Crippen LogP contribution in [0.5, 0.6) is 0 Å². The third kappa shape index (κ3) is 3.10. The number of hydrogen-bond acceptors (Lipinski definition) is 4. The van der Waals surface area contributed by atoms with Crippen LogP contribution in [0, 0.1) is 5.92 Å². The summed E-state index contributed by atoms with van der Waals surface area (Å²) in [7, 11) is 0. The van der Waals surface area contributed by atoms with E-state index in [1.807, 2.05) is 24.3 Å². The van der Waals surface area contributed by atoms with Crippen molar-refractivity contribution in [2.24, 2.45) is 5.92 Å². The van der Waals surface area contributed by atoms with Crippen molar-refractivity contribution in [3.63, 3.8) is 0 Å². The van der Waals surface area contributed by atoms with Gasteiger partial charge in [-0.3, -0.25) is 0 Å². The molecule has 1 unspecified atom stereocenters. The average Bonchev–Trinajstić information content (AvgIpc) is 2.79. The lowest BCUT2D eigenvalue weighted by Crippen LogP contribution is -1.92. The van der Waals surface area contributed by atoms with Crippen LogP contribution in [0.3, 0.4) is 0 Å². The smallest absolute Gasteiger partial charge is 0.276 e. The van der Waals surface area contributed by atoms with Gasteiger partial charge in [-0.15, -0.1) is 33.4 Å². The van der Waals surface area contributed by atoms with E-state index in [1.165, 1.54) is 11.8 Å². The Morgan fingerprint density at radius 2 is 2.11 bits per heavy atom. The van der Waals surface area contributed by atoms with Crippen molar-refractivity contribution in [1.29, 1.82) is 0 Å². The van der Waals surface area contributed by atoms with Crippen molar-refractivity contribution in [3.05, 3.63) is 28.7 Å². The lowest BCUT2D eigenvalue weighted by molar-refractivity contribution is 0.465. The maximum atomic E-state index is 5.97. The SMILES string of the molecule is ClC1(Cl)CC1CSc1nnc(-c2ccccc2Br)o1. The van der Waals surface area contributed by atoms with E-state index in [9.17, 15) is 0 Å². The lowest BCUT2D eigenvalue weighted by Gasteiger charge is -1.98. The minimum atomic E-state index is -0.557. The van der Waals surface area contributed by atoms with Gasteiger partial charge in [0.25, 0.3) is 5.22 Å². The second-order valence-electron chi connectivity index (χ2n) is 4.33. The summed E-state index contributed by atoms with van der Waals surface area (Å²) in [5.74, 6) is 1.61. The number of hydrogen-bond donors (Lipinski definition) is 0. The molecular weight excluding hydrogens is 371 g/mol. The van der Waals surface area contributed by atoms with E-state index >= 15 is 0 Å². The molecule has 1 aromatic heterocycles. The Morgan fingerprint density at radius 1 is 1.37 bits per heavy atom. The molecule has 0 bridgehead atoms. The zero-order valence-electron chi connectivity index (χ0n) is 9.65. The Labute approximate surface area is 133 Å². The minimum absolute atomic E-state index is 0.305. The van der Waals surface area contributed by atoms with Gasteiger partial charge in [0.05, 0.1) is 5.56 Å². The summed E-state index contributed by atoms with van der Waals surface area (Å²) < 4.78 is 5.99. The number of alkyl halides is 2. The van der Waals surface area contributed by atoms with Crippen molar-refractivity contribution >= 4 is 50.9 Å². The van der Waals surface area contributed by atoms with Gasteiger partial charge in [0.2, 0.25) is 5.89 Å². The molecule has 1 heterocycles. The lowest BCUT2D eigenvalue weighted by atomic mass is 10.2. The van der Waals surface area contributed by atoms with Gasteiger partial charge in [0, 0.05) is 16.1 Å². The van der Waals surface area contributed by atoms with Gasteiger partial charge in [-0.25, -0.2) is 0 Å². The molecular formula is C12H9BrCl2N2OS. The molecule has 3 rings (SSSR count). The van der Waals surface area contributed by atoms with E-state index in [0.717, 1.165) is 22.2 Å². The minimum Gasteiger partial charge on any atom is -0.411 e. The Hall–Kier alpha value is -0.230. The van der Waals surface area contributed by atoms with Crippen LogP contribution >= 0.6 is 50.9 Å². The number of rotatable bonds is 4. The zero-order valence-corrected chi connectivity index (χ0v) is 13.6. The fraction of sp³-hybridized carbons (Fsp3) is 0.333. The van der Waals surface area contributed by atoms with Gasteiger partial charge in [0.15, 0.2) is 0 Å². The molecule has 0 radical (unpaired) electrons. The maximum Gasteiger partial charge on any atom is 0.276 e. The quantitative estimate of drug-likeness (QED) is 0.565. The molecule has 1 aliphatic carbocycles. The molecule has 0 N–H and O–H groups in total. The van der Waals surface area contributed by atoms with Gasteiger partial charge in [-0.2, -0.15) is 0 Å². The van der Waals surface area contributed by atoms with E-state index in [0.29, 0.717) is 17.0 Å². The number of thioether (sulfide) groups is 1. The highest BCUT2D eigenvalue weighted by molar-refractivity contribution is 9.10.